The summed E-state index contributed by atoms with van der Waals surface area (Å²) in [6.45, 7) is 4.00. The number of anilines is 2. The number of hydrogen-bond donors (Lipinski definition) is 2. The van der Waals surface area contributed by atoms with Gasteiger partial charge in [-0.2, -0.15) is 0 Å². The van der Waals surface area contributed by atoms with Crippen LogP contribution in [0.2, 0.25) is 0 Å². The molecular weight excluding hydrogens is 234 g/mol. The summed E-state index contributed by atoms with van der Waals surface area (Å²) < 4.78 is 0. The highest BCUT2D eigenvalue weighted by atomic mass is 15.0. The lowest BCUT2D eigenvalue weighted by Crippen LogP contribution is -2.16. The van der Waals surface area contributed by atoms with E-state index in [1.807, 2.05) is 26.0 Å². The molecule has 0 spiro atoms. The molecule has 3 heteroatoms. The van der Waals surface area contributed by atoms with E-state index >= 15 is 0 Å². The molecule has 2 aliphatic carbocycles. The SMILES string of the molecule is CC.Nc1ccc(NC2CC3=C(CCC=C3)C2)nc1. The van der Waals surface area contributed by atoms with Crippen LogP contribution in [0.1, 0.15) is 39.5 Å². The van der Waals surface area contributed by atoms with Crippen molar-refractivity contribution in [3.63, 3.8) is 0 Å². The second kappa shape index (κ2) is 6.41. The second-order valence-electron chi connectivity index (χ2n) is 4.80. The van der Waals surface area contributed by atoms with E-state index in [0.29, 0.717) is 11.7 Å². The van der Waals surface area contributed by atoms with Gasteiger partial charge in [-0.3, -0.25) is 0 Å². The number of rotatable bonds is 2. The number of pyridine rings is 1. The van der Waals surface area contributed by atoms with Crippen LogP contribution in [0, 0.1) is 0 Å². The van der Waals surface area contributed by atoms with E-state index in [4.69, 9.17) is 5.73 Å². The zero-order valence-electron chi connectivity index (χ0n) is 11.8. The van der Waals surface area contributed by atoms with Crippen molar-refractivity contribution in [2.24, 2.45) is 0 Å². The van der Waals surface area contributed by atoms with Gasteiger partial charge in [0.25, 0.3) is 0 Å². The monoisotopic (exact) mass is 257 g/mol. The second-order valence-corrected chi connectivity index (χ2v) is 4.80. The highest BCUT2D eigenvalue weighted by Gasteiger charge is 2.23. The molecule has 1 atom stereocenters. The average Bonchev–Trinajstić information content (AvgIpc) is 2.86. The fraction of sp³-hybridized carbons (Fsp3) is 0.438. The Balaban J connectivity index is 0.000000637. The lowest BCUT2D eigenvalue weighted by atomic mass is 10.0. The van der Waals surface area contributed by atoms with Gasteiger partial charge in [-0.05, 0) is 43.4 Å². The molecule has 1 unspecified atom stereocenters. The predicted molar refractivity (Wildman–Crippen MR) is 82.0 cm³/mol. The lowest BCUT2D eigenvalue weighted by Gasteiger charge is -2.13. The predicted octanol–water partition coefficient (Wildman–Crippen LogP) is 3.91. The third-order valence-corrected chi connectivity index (χ3v) is 3.48. The average molecular weight is 257 g/mol. The van der Waals surface area contributed by atoms with E-state index in [1.54, 1.807) is 11.8 Å². The molecule has 0 saturated carbocycles. The summed E-state index contributed by atoms with van der Waals surface area (Å²) in [5.41, 5.74) is 9.49. The minimum Gasteiger partial charge on any atom is -0.397 e. The van der Waals surface area contributed by atoms with Crippen molar-refractivity contribution in [1.29, 1.82) is 0 Å². The molecule has 1 aromatic heterocycles. The van der Waals surface area contributed by atoms with Crippen molar-refractivity contribution in [2.75, 3.05) is 11.1 Å². The summed E-state index contributed by atoms with van der Waals surface area (Å²) in [6, 6.07) is 4.33. The maximum absolute atomic E-state index is 5.62. The number of nitrogen functional groups attached to an aromatic ring is 1. The zero-order valence-corrected chi connectivity index (χ0v) is 11.8. The van der Waals surface area contributed by atoms with Crippen LogP contribution in [0.25, 0.3) is 0 Å². The highest BCUT2D eigenvalue weighted by Crippen LogP contribution is 2.34. The number of allylic oxidation sites excluding steroid dienone is 2. The Morgan fingerprint density at radius 3 is 2.79 bits per heavy atom. The topological polar surface area (TPSA) is 50.9 Å². The van der Waals surface area contributed by atoms with Gasteiger partial charge in [-0.25, -0.2) is 4.98 Å². The summed E-state index contributed by atoms with van der Waals surface area (Å²) in [4.78, 5) is 4.29. The van der Waals surface area contributed by atoms with E-state index < -0.39 is 0 Å². The van der Waals surface area contributed by atoms with Gasteiger partial charge in [-0.1, -0.05) is 31.6 Å². The van der Waals surface area contributed by atoms with Crippen LogP contribution in [-0.2, 0) is 0 Å². The number of nitrogens with one attached hydrogen (secondary N) is 1. The Hall–Kier alpha value is -1.77. The van der Waals surface area contributed by atoms with Crippen LogP contribution in [0.15, 0.2) is 41.6 Å². The minimum absolute atomic E-state index is 0.499. The van der Waals surface area contributed by atoms with Gasteiger partial charge in [0.15, 0.2) is 0 Å². The van der Waals surface area contributed by atoms with Gasteiger partial charge in [0, 0.05) is 6.04 Å². The first-order chi connectivity index (χ1) is 9.31. The molecule has 0 fully saturated rings. The zero-order chi connectivity index (χ0) is 13.7. The van der Waals surface area contributed by atoms with Crippen LogP contribution in [0.4, 0.5) is 11.5 Å². The molecule has 0 aliphatic heterocycles. The van der Waals surface area contributed by atoms with Gasteiger partial charge in [0.05, 0.1) is 11.9 Å². The van der Waals surface area contributed by atoms with Crippen LogP contribution in [-0.4, -0.2) is 11.0 Å². The first kappa shape index (κ1) is 13.7. The van der Waals surface area contributed by atoms with Crippen LogP contribution in [0.3, 0.4) is 0 Å². The van der Waals surface area contributed by atoms with Crippen molar-refractivity contribution in [2.45, 2.75) is 45.6 Å². The van der Waals surface area contributed by atoms with E-state index in [0.717, 1.165) is 18.7 Å². The first-order valence-corrected chi connectivity index (χ1v) is 7.17. The number of aromatic nitrogens is 1. The molecule has 0 bridgehead atoms. The molecule has 102 valence electrons. The quantitative estimate of drug-likeness (QED) is 0.844. The highest BCUT2D eigenvalue weighted by molar-refractivity contribution is 5.46. The Bertz CT molecular complexity index is 471. The Labute approximate surface area is 115 Å². The maximum atomic E-state index is 5.62. The molecule has 19 heavy (non-hydrogen) atoms. The third kappa shape index (κ3) is 3.37. The summed E-state index contributed by atoms with van der Waals surface area (Å²) in [5, 5.41) is 3.48. The summed E-state index contributed by atoms with van der Waals surface area (Å²) in [7, 11) is 0. The van der Waals surface area contributed by atoms with Gasteiger partial charge < -0.3 is 11.1 Å². The van der Waals surface area contributed by atoms with Crippen molar-refractivity contribution < 1.29 is 0 Å². The standard InChI is InChI=1S/C14H17N3.C2H6/c15-12-5-6-14(16-9-12)17-13-7-10-3-1-2-4-11(10)8-13;1-2/h1,3,5-6,9,13H,2,4,7-8,15H2,(H,16,17);1-2H3. The first-order valence-electron chi connectivity index (χ1n) is 7.17. The molecule has 3 nitrogen and oxygen atoms in total. The van der Waals surface area contributed by atoms with Crippen LogP contribution in [0.5, 0.6) is 0 Å². The molecular formula is C16H23N3. The Morgan fingerprint density at radius 1 is 1.26 bits per heavy atom. The molecule has 1 heterocycles. The smallest absolute Gasteiger partial charge is 0.126 e. The van der Waals surface area contributed by atoms with E-state index in [9.17, 15) is 0 Å². The molecule has 0 radical (unpaired) electrons. The van der Waals surface area contributed by atoms with Crippen molar-refractivity contribution in [1.82, 2.24) is 4.98 Å². The van der Waals surface area contributed by atoms with Crippen LogP contribution < -0.4 is 11.1 Å². The van der Waals surface area contributed by atoms with E-state index in [1.165, 1.54) is 18.4 Å². The van der Waals surface area contributed by atoms with Crippen molar-refractivity contribution in [3.8, 4) is 0 Å². The number of nitrogens with two attached hydrogens (primary N) is 1. The normalized spacial score (nSPS) is 20.6. The summed E-state index contributed by atoms with van der Waals surface area (Å²) in [5.74, 6) is 0.924. The molecule has 3 N–H and O–H groups in total. The molecule has 0 amide bonds. The fourth-order valence-electron chi connectivity index (χ4n) is 2.64. The molecule has 2 aliphatic rings. The van der Waals surface area contributed by atoms with E-state index in [2.05, 4.69) is 22.5 Å². The number of hydrogen-bond acceptors (Lipinski definition) is 3. The van der Waals surface area contributed by atoms with Crippen molar-refractivity contribution >= 4 is 11.5 Å². The lowest BCUT2D eigenvalue weighted by molar-refractivity contribution is 0.750. The Morgan fingerprint density at radius 2 is 2.11 bits per heavy atom. The molecule has 3 rings (SSSR count). The van der Waals surface area contributed by atoms with Gasteiger partial charge in [-0.15, -0.1) is 0 Å². The van der Waals surface area contributed by atoms with Crippen LogP contribution >= 0.6 is 0 Å². The Kier molecular flexibility index (Phi) is 4.61. The molecule has 0 aromatic carbocycles. The molecule has 0 saturated heterocycles. The number of nitrogens with zero attached hydrogens (tertiary/aromatic N) is 1. The van der Waals surface area contributed by atoms with Gasteiger partial charge >= 0.3 is 0 Å². The minimum atomic E-state index is 0.499. The van der Waals surface area contributed by atoms with Gasteiger partial charge in [0.1, 0.15) is 5.82 Å². The van der Waals surface area contributed by atoms with E-state index in [-0.39, 0.29) is 0 Å². The third-order valence-electron chi connectivity index (χ3n) is 3.48. The summed E-state index contributed by atoms with van der Waals surface area (Å²) in [6.07, 6.45) is 11.0. The molecule has 1 aromatic rings. The largest absolute Gasteiger partial charge is 0.397 e. The van der Waals surface area contributed by atoms with Crippen molar-refractivity contribution in [3.05, 3.63) is 41.6 Å². The van der Waals surface area contributed by atoms with Gasteiger partial charge in [0.2, 0.25) is 0 Å². The summed E-state index contributed by atoms with van der Waals surface area (Å²) >= 11 is 0. The maximum Gasteiger partial charge on any atom is 0.126 e. The fourth-order valence-corrected chi connectivity index (χ4v) is 2.64.